The Hall–Kier alpha value is -2.13. The fourth-order valence-electron chi connectivity index (χ4n) is 1.70. The van der Waals surface area contributed by atoms with Crippen LogP contribution in [0.15, 0.2) is 34.7 Å². The molecule has 0 radical (unpaired) electrons. The van der Waals surface area contributed by atoms with Crippen molar-refractivity contribution in [2.24, 2.45) is 10.2 Å². The highest BCUT2D eigenvalue weighted by Crippen LogP contribution is 2.16. The number of nitrogens with zero attached hydrogens (tertiary/aromatic N) is 3. The number of pyridine rings is 1. The zero-order valence-electron chi connectivity index (χ0n) is 13.5. The first kappa shape index (κ1) is 18.9. The number of hydrogen-bond acceptors (Lipinski definition) is 5. The quantitative estimate of drug-likeness (QED) is 0.359. The average molecular weight is 352 g/mol. The monoisotopic (exact) mass is 351 g/mol. The van der Waals surface area contributed by atoms with Crippen LogP contribution in [0.4, 0.5) is 0 Å². The Morgan fingerprint density at radius 1 is 1.13 bits per heavy atom. The van der Waals surface area contributed by atoms with Gasteiger partial charge in [-0.1, -0.05) is 13.0 Å². The number of nitrogens with one attached hydrogen (secondary N) is 4. The van der Waals surface area contributed by atoms with E-state index >= 15 is 0 Å². The van der Waals surface area contributed by atoms with Crippen LogP contribution >= 0.6 is 24.4 Å². The van der Waals surface area contributed by atoms with Crippen LogP contribution < -0.4 is 21.5 Å². The summed E-state index contributed by atoms with van der Waals surface area (Å²) in [5, 5.41) is 15.1. The molecule has 1 rings (SSSR count). The molecule has 7 nitrogen and oxygen atoms in total. The summed E-state index contributed by atoms with van der Waals surface area (Å²) in [4.78, 5) is 4.15. The molecule has 0 aromatic carbocycles. The van der Waals surface area contributed by atoms with Crippen molar-refractivity contribution in [1.29, 1.82) is 0 Å². The molecular formula is C14H21N7S2. The summed E-state index contributed by atoms with van der Waals surface area (Å²) in [7, 11) is 3.45. The van der Waals surface area contributed by atoms with Gasteiger partial charge in [0.05, 0.1) is 11.4 Å². The Kier molecular flexibility index (Phi) is 8.06. The molecule has 4 N–H and O–H groups in total. The van der Waals surface area contributed by atoms with Crippen molar-refractivity contribution in [3.05, 3.63) is 30.1 Å². The van der Waals surface area contributed by atoms with Gasteiger partial charge in [-0.3, -0.25) is 15.8 Å². The molecule has 0 saturated carbocycles. The summed E-state index contributed by atoms with van der Waals surface area (Å²) in [5.41, 5.74) is 7.98. The Morgan fingerprint density at radius 3 is 2.26 bits per heavy atom. The third-order valence-electron chi connectivity index (χ3n) is 3.02. The molecule has 0 fully saturated rings. The van der Waals surface area contributed by atoms with Gasteiger partial charge in [0.2, 0.25) is 0 Å². The molecule has 124 valence electrons. The first-order valence-corrected chi connectivity index (χ1v) is 7.78. The molecule has 0 aliphatic heterocycles. The zero-order chi connectivity index (χ0) is 17.2. The van der Waals surface area contributed by atoms with Crippen molar-refractivity contribution in [2.75, 3.05) is 14.1 Å². The van der Waals surface area contributed by atoms with E-state index in [-0.39, 0.29) is 5.92 Å². The van der Waals surface area contributed by atoms with Crippen LogP contribution in [0.1, 0.15) is 25.3 Å². The van der Waals surface area contributed by atoms with E-state index in [2.05, 4.69) is 36.7 Å². The molecule has 9 heteroatoms. The van der Waals surface area contributed by atoms with E-state index in [0.29, 0.717) is 15.9 Å². The molecule has 0 spiro atoms. The van der Waals surface area contributed by atoms with Gasteiger partial charge in [0.25, 0.3) is 0 Å². The predicted octanol–water partition coefficient (Wildman–Crippen LogP) is 1.10. The lowest BCUT2D eigenvalue weighted by molar-refractivity contribution is 0.927. The first-order chi connectivity index (χ1) is 11.0. The second-order valence-corrected chi connectivity index (χ2v) is 5.40. The lowest BCUT2D eigenvalue weighted by atomic mass is 9.95. The lowest BCUT2D eigenvalue weighted by Gasteiger charge is -2.15. The maximum absolute atomic E-state index is 5.06. The van der Waals surface area contributed by atoms with Gasteiger partial charge in [0.1, 0.15) is 0 Å². The number of hydrogen-bond donors (Lipinski definition) is 4. The number of rotatable bonds is 5. The highest BCUT2D eigenvalue weighted by Gasteiger charge is 2.17. The van der Waals surface area contributed by atoms with Crippen LogP contribution in [0, 0.1) is 0 Å². The Balaban J connectivity index is 3.06. The summed E-state index contributed by atoms with van der Waals surface area (Å²) < 4.78 is 0. The van der Waals surface area contributed by atoms with Gasteiger partial charge in [-0.15, -0.1) is 0 Å². The normalized spacial score (nSPS) is 13.0. The predicted molar refractivity (Wildman–Crippen MR) is 103 cm³/mol. The van der Waals surface area contributed by atoms with E-state index < -0.39 is 0 Å². The van der Waals surface area contributed by atoms with Gasteiger partial charge in [-0.05, 0) is 43.0 Å². The van der Waals surface area contributed by atoms with Crippen molar-refractivity contribution in [3.8, 4) is 0 Å². The van der Waals surface area contributed by atoms with Gasteiger partial charge in [-0.25, -0.2) is 0 Å². The molecule has 1 aromatic heterocycles. The van der Waals surface area contributed by atoms with Gasteiger partial charge in [0.15, 0.2) is 10.2 Å². The smallest absolute Gasteiger partial charge is 0.186 e. The molecule has 0 aliphatic rings. The van der Waals surface area contributed by atoms with E-state index in [1.807, 2.05) is 26.0 Å². The van der Waals surface area contributed by atoms with Crippen LogP contribution in [0.2, 0.25) is 0 Å². The average Bonchev–Trinajstić information content (AvgIpc) is 2.59. The van der Waals surface area contributed by atoms with Crippen LogP contribution in [0.3, 0.4) is 0 Å². The standard InChI is InChI=1S/C14H21N7S2/c1-9(11-6-5-7-17-8-11)12(19-21-14(23)16-4)10(2)18-20-13(22)15-3/h5-9H,1-4H3,(H2,15,20,22)(H2,16,21,23)/b18-10-,19-12+. The summed E-state index contributed by atoms with van der Waals surface area (Å²) in [6.07, 6.45) is 3.53. The third kappa shape index (κ3) is 6.25. The van der Waals surface area contributed by atoms with E-state index in [4.69, 9.17) is 24.4 Å². The van der Waals surface area contributed by atoms with Crippen LogP contribution in [0.25, 0.3) is 0 Å². The van der Waals surface area contributed by atoms with E-state index in [1.54, 1.807) is 26.5 Å². The van der Waals surface area contributed by atoms with E-state index in [9.17, 15) is 0 Å². The van der Waals surface area contributed by atoms with Crippen LogP contribution in [-0.4, -0.2) is 40.7 Å². The number of aromatic nitrogens is 1. The fraction of sp³-hybridized carbons (Fsp3) is 0.357. The van der Waals surface area contributed by atoms with Gasteiger partial charge in [0, 0.05) is 32.4 Å². The lowest BCUT2D eigenvalue weighted by Crippen LogP contribution is -2.33. The summed E-state index contributed by atoms with van der Waals surface area (Å²) in [6, 6.07) is 3.87. The minimum absolute atomic E-state index is 0.0236. The van der Waals surface area contributed by atoms with Crippen molar-refractivity contribution >= 4 is 46.1 Å². The largest absolute Gasteiger partial charge is 0.364 e. The molecular weight excluding hydrogens is 330 g/mol. The minimum atomic E-state index is -0.0236. The molecule has 1 atom stereocenters. The van der Waals surface area contributed by atoms with Crippen molar-refractivity contribution in [2.45, 2.75) is 19.8 Å². The Morgan fingerprint density at radius 2 is 1.74 bits per heavy atom. The highest BCUT2D eigenvalue weighted by molar-refractivity contribution is 7.80. The maximum Gasteiger partial charge on any atom is 0.186 e. The SMILES string of the molecule is CNC(=S)N/N=C(C)\C(=N\NC(=S)NC)C(C)c1cccnc1. The molecule has 0 saturated heterocycles. The molecule has 1 heterocycles. The van der Waals surface area contributed by atoms with Crippen molar-refractivity contribution in [1.82, 2.24) is 26.5 Å². The molecule has 0 aliphatic carbocycles. The maximum atomic E-state index is 5.06. The van der Waals surface area contributed by atoms with Crippen LogP contribution in [-0.2, 0) is 0 Å². The zero-order valence-corrected chi connectivity index (χ0v) is 15.2. The topological polar surface area (TPSA) is 85.7 Å². The molecule has 0 bridgehead atoms. The van der Waals surface area contributed by atoms with Gasteiger partial charge >= 0.3 is 0 Å². The number of hydrazone groups is 2. The number of thiocarbonyl (C=S) groups is 2. The van der Waals surface area contributed by atoms with Crippen molar-refractivity contribution < 1.29 is 0 Å². The highest BCUT2D eigenvalue weighted by atomic mass is 32.1. The van der Waals surface area contributed by atoms with Crippen molar-refractivity contribution in [3.63, 3.8) is 0 Å². The third-order valence-corrected chi connectivity index (χ3v) is 3.61. The fourth-order valence-corrected chi connectivity index (χ4v) is 1.79. The summed E-state index contributed by atoms with van der Waals surface area (Å²) in [5.74, 6) is -0.0236. The second kappa shape index (κ2) is 9.80. The molecule has 0 amide bonds. The first-order valence-electron chi connectivity index (χ1n) is 6.97. The van der Waals surface area contributed by atoms with Gasteiger partial charge < -0.3 is 10.6 Å². The Labute approximate surface area is 147 Å². The molecule has 1 unspecified atom stereocenters. The van der Waals surface area contributed by atoms with Gasteiger partial charge in [-0.2, -0.15) is 10.2 Å². The molecule has 23 heavy (non-hydrogen) atoms. The summed E-state index contributed by atoms with van der Waals surface area (Å²) in [6.45, 7) is 3.87. The second-order valence-electron chi connectivity index (χ2n) is 4.58. The van der Waals surface area contributed by atoms with E-state index in [1.165, 1.54) is 0 Å². The molecule has 1 aromatic rings. The van der Waals surface area contributed by atoms with E-state index in [0.717, 1.165) is 11.3 Å². The summed E-state index contributed by atoms with van der Waals surface area (Å²) >= 11 is 10.1. The van der Waals surface area contributed by atoms with Crippen LogP contribution in [0.5, 0.6) is 0 Å². The Bertz CT molecular complexity index is 598. The minimum Gasteiger partial charge on any atom is -0.364 e.